The van der Waals surface area contributed by atoms with Crippen LogP contribution in [0.3, 0.4) is 0 Å². The lowest BCUT2D eigenvalue weighted by atomic mass is 9.72. The molecular weight excluding hydrogens is 837 g/mol. The number of rotatable bonds is 10. The highest BCUT2D eigenvalue weighted by Crippen LogP contribution is 2.57. The van der Waals surface area contributed by atoms with Crippen LogP contribution >= 0.6 is 0 Å². The van der Waals surface area contributed by atoms with Crippen molar-refractivity contribution in [3.63, 3.8) is 0 Å². The molecule has 68 heavy (non-hydrogen) atoms. The Kier molecular flexibility index (Phi) is 12.3. The fourth-order valence-corrected chi connectivity index (χ4v) is 12.5. The number of phenolic OH excluding ortho intramolecular Hbond substituents is 2. The molecule has 12 rings (SSSR count). The van der Waals surface area contributed by atoms with Crippen molar-refractivity contribution in [3.05, 3.63) is 188 Å². The third-order valence-corrected chi connectivity index (χ3v) is 16.0. The van der Waals surface area contributed by atoms with Gasteiger partial charge in [0.05, 0.1) is 0 Å². The number of fused-ring (bicyclic) bond motifs is 6. The first-order valence-corrected chi connectivity index (χ1v) is 25.4. The van der Waals surface area contributed by atoms with Crippen molar-refractivity contribution < 1.29 is 19.7 Å². The summed E-state index contributed by atoms with van der Waals surface area (Å²) in [5.74, 6) is 2.63. The van der Waals surface area contributed by atoms with Gasteiger partial charge in [-0.3, -0.25) is 9.80 Å². The van der Waals surface area contributed by atoms with Crippen LogP contribution < -0.4 is 9.47 Å². The molecule has 2 saturated heterocycles. The van der Waals surface area contributed by atoms with Gasteiger partial charge in [-0.25, -0.2) is 0 Å². The highest BCUT2D eigenvalue weighted by atomic mass is 16.5. The van der Waals surface area contributed by atoms with Gasteiger partial charge in [-0.05, 0) is 219 Å². The standard InChI is InChI=1S/2C31H33NO2/c1-22-5-7-23(8-6-22)30-19-25-17-27(33)10-12-29(25)31(30)20-24-9-11-28(18-26(24)21-31)34-16-15-32-13-3-2-4-14-32;1-22-6-5-7-23(16-22)30-19-25-17-27(33)9-11-29(25)31(30)20-24-8-10-28(18-26(24)21-31)34-15-14-32-12-3-2-4-13-32/h5-12,17-19,33H,2-4,13-16,20-21H2,1H3;5-11,16-19,33H,2-4,12-15,20-21H2,1H3. The lowest BCUT2D eigenvalue weighted by Crippen LogP contribution is -2.33. The number of benzene rings is 6. The molecule has 6 aliphatic rings. The number of allylic oxidation sites excluding steroid dienone is 2. The fraction of sp³-hybridized carbons (Fsp3) is 0.355. The number of hydrogen-bond donors (Lipinski definition) is 2. The van der Waals surface area contributed by atoms with Crippen molar-refractivity contribution >= 4 is 23.3 Å². The Labute approximate surface area is 403 Å². The van der Waals surface area contributed by atoms with E-state index in [2.05, 4.69) is 133 Å². The van der Waals surface area contributed by atoms with Crippen molar-refractivity contribution in [1.29, 1.82) is 0 Å². The maximum atomic E-state index is 10.2. The quantitative estimate of drug-likeness (QED) is 0.143. The smallest absolute Gasteiger partial charge is 0.119 e. The monoisotopic (exact) mass is 903 g/mol. The van der Waals surface area contributed by atoms with Gasteiger partial charge in [-0.2, -0.15) is 0 Å². The van der Waals surface area contributed by atoms with Gasteiger partial charge < -0.3 is 19.7 Å². The van der Waals surface area contributed by atoms with Crippen molar-refractivity contribution in [2.24, 2.45) is 0 Å². The number of hydrogen-bond acceptors (Lipinski definition) is 6. The molecule has 348 valence electrons. The zero-order valence-electron chi connectivity index (χ0n) is 40.0. The molecule has 2 unspecified atom stereocenters. The van der Waals surface area contributed by atoms with Crippen LogP contribution in [0.4, 0.5) is 0 Å². The maximum absolute atomic E-state index is 10.2. The van der Waals surface area contributed by atoms with Crippen LogP contribution in [0.2, 0.25) is 0 Å². The predicted molar refractivity (Wildman–Crippen MR) is 277 cm³/mol. The summed E-state index contributed by atoms with van der Waals surface area (Å²) < 4.78 is 12.4. The molecule has 2 N–H and O–H groups in total. The van der Waals surface area contributed by atoms with E-state index in [1.807, 2.05) is 24.3 Å². The molecule has 2 fully saturated rings. The number of phenols is 2. The van der Waals surface area contributed by atoms with Gasteiger partial charge in [0.1, 0.15) is 36.2 Å². The molecule has 0 aromatic heterocycles. The van der Waals surface area contributed by atoms with E-state index in [0.717, 1.165) is 74.6 Å². The van der Waals surface area contributed by atoms with Gasteiger partial charge in [0, 0.05) is 23.9 Å². The highest BCUT2D eigenvalue weighted by molar-refractivity contribution is 5.97. The predicted octanol–water partition coefficient (Wildman–Crippen LogP) is 12.3. The lowest BCUT2D eigenvalue weighted by Gasteiger charge is -2.30. The Morgan fingerprint density at radius 3 is 1.44 bits per heavy atom. The van der Waals surface area contributed by atoms with Gasteiger partial charge in [0.2, 0.25) is 0 Å². The van der Waals surface area contributed by atoms with E-state index in [1.165, 1.54) is 131 Å². The first-order valence-electron chi connectivity index (χ1n) is 25.4. The molecule has 0 saturated carbocycles. The molecule has 0 bridgehead atoms. The van der Waals surface area contributed by atoms with Crippen LogP contribution in [0.15, 0.2) is 121 Å². The second kappa shape index (κ2) is 18.8. The summed E-state index contributed by atoms with van der Waals surface area (Å²) in [7, 11) is 0. The number of aryl methyl sites for hydroxylation is 2. The van der Waals surface area contributed by atoms with E-state index >= 15 is 0 Å². The summed E-state index contributed by atoms with van der Waals surface area (Å²) in [6.45, 7) is 12.6. The molecule has 2 atom stereocenters. The first kappa shape index (κ1) is 44.4. The molecule has 6 nitrogen and oxygen atoms in total. The molecule has 4 aliphatic carbocycles. The van der Waals surface area contributed by atoms with Crippen LogP contribution in [-0.4, -0.2) is 72.5 Å². The Bertz CT molecular complexity index is 2880. The van der Waals surface area contributed by atoms with Crippen LogP contribution in [0.1, 0.15) is 105 Å². The molecule has 2 spiro atoms. The van der Waals surface area contributed by atoms with E-state index in [1.54, 1.807) is 0 Å². The molecule has 2 heterocycles. The maximum Gasteiger partial charge on any atom is 0.119 e. The van der Waals surface area contributed by atoms with Crippen molar-refractivity contribution in [3.8, 4) is 23.0 Å². The average Bonchev–Trinajstić information content (AvgIpc) is 4.09. The fourth-order valence-electron chi connectivity index (χ4n) is 12.5. The molecule has 6 aromatic carbocycles. The number of aromatic hydroxyl groups is 2. The Morgan fingerprint density at radius 1 is 0.456 bits per heavy atom. The zero-order valence-corrected chi connectivity index (χ0v) is 40.0. The second-order valence-corrected chi connectivity index (χ2v) is 20.6. The summed E-state index contributed by atoms with van der Waals surface area (Å²) in [5.41, 5.74) is 18.1. The number of piperidine rings is 2. The van der Waals surface area contributed by atoms with Gasteiger partial charge in [0.25, 0.3) is 0 Å². The SMILES string of the molecule is Cc1ccc(C2=Cc3cc(O)ccc3C23Cc2ccc(OCCN4CCCCC4)cc2C3)cc1.Cc1cccc(C2=Cc3cc(O)ccc3C23Cc2ccc(OCCN4CCCCC4)cc2C3)c1. The van der Waals surface area contributed by atoms with Gasteiger partial charge in [-0.15, -0.1) is 0 Å². The minimum absolute atomic E-state index is 0.0902. The van der Waals surface area contributed by atoms with Gasteiger partial charge in [-0.1, -0.05) is 96.8 Å². The molecular formula is C62H66N2O4. The summed E-state index contributed by atoms with van der Waals surface area (Å²) in [5, 5.41) is 20.3. The number of ether oxygens (including phenoxy) is 2. The van der Waals surface area contributed by atoms with Crippen molar-refractivity contribution in [2.75, 3.05) is 52.5 Å². The van der Waals surface area contributed by atoms with E-state index in [9.17, 15) is 10.2 Å². The molecule has 2 aliphatic heterocycles. The summed E-state index contributed by atoms with van der Waals surface area (Å²) in [4.78, 5) is 5.05. The van der Waals surface area contributed by atoms with Crippen molar-refractivity contribution in [2.45, 2.75) is 88.9 Å². The highest BCUT2D eigenvalue weighted by Gasteiger charge is 2.48. The average molecular weight is 903 g/mol. The lowest BCUT2D eigenvalue weighted by molar-refractivity contribution is 0.183. The summed E-state index contributed by atoms with van der Waals surface area (Å²) >= 11 is 0. The Hall–Kier alpha value is -6.08. The molecule has 6 aromatic rings. The van der Waals surface area contributed by atoms with Crippen LogP contribution in [0.25, 0.3) is 23.3 Å². The normalized spacial score (nSPS) is 21.4. The van der Waals surface area contributed by atoms with E-state index < -0.39 is 0 Å². The second-order valence-electron chi connectivity index (χ2n) is 20.6. The van der Waals surface area contributed by atoms with Crippen molar-refractivity contribution in [1.82, 2.24) is 9.80 Å². The van der Waals surface area contributed by atoms with E-state index in [-0.39, 0.29) is 10.8 Å². The zero-order chi connectivity index (χ0) is 46.2. The number of likely N-dealkylation sites (tertiary alicyclic amines) is 2. The Morgan fingerprint density at radius 2 is 0.941 bits per heavy atom. The third-order valence-electron chi connectivity index (χ3n) is 16.0. The largest absolute Gasteiger partial charge is 0.508 e. The van der Waals surface area contributed by atoms with Crippen LogP contribution in [0.5, 0.6) is 23.0 Å². The number of nitrogens with zero attached hydrogens (tertiary/aromatic N) is 2. The molecule has 6 heteroatoms. The van der Waals surface area contributed by atoms with Crippen LogP contribution in [-0.2, 0) is 36.5 Å². The summed E-state index contributed by atoms with van der Waals surface area (Å²) in [6, 6.07) is 42.8. The van der Waals surface area contributed by atoms with E-state index in [4.69, 9.17) is 9.47 Å². The minimum atomic E-state index is -0.0917. The molecule has 0 amide bonds. The topological polar surface area (TPSA) is 65.4 Å². The van der Waals surface area contributed by atoms with Crippen LogP contribution in [0, 0.1) is 13.8 Å². The summed E-state index contributed by atoms with van der Waals surface area (Å²) in [6.07, 6.45) is 16.5. The van der Waals surface area contributed by atoms with Gasteiger partial charge in [0.15, 0.2) is 0 Å². The van der Waals surface area contributed by atoms with E-state index in [0.29, 0.717) is 11.5 Å². The molecule has 0 radical (unpaired) electrons. The minimum Gasteiger partial charge on any atom is -0.508 e. The van der Waals surface area contributed by atoms with Gasteiger partial charge >= 0.3 is 0 Å². The third kappa shape index (κ3) is 8.78. The first-order chi connectivity index (χ1) is 33.2. The Balaban J connectivity index is 0.000000149.